The van der Waals surface area contributed by atoms with Gasteiger partial charge < -0.3 is 14.2 Å². The third kappa shape index (κ3) is 3.95. The van der Waals surface area contributed by atoms with Crippen molar-refractivity contribution in [3.05, 3.63) is 69.4 Å². The molecule has 27 heavy (non-hydrogen) atoms. The fraction of sp³-hybridized carbons (Fsp3) is 0.158. The second-order valence-corrected chi connectivity index (χ2v) is 5.48. The molecule has 0 saturated carbocycles. The Balaban J connectivity index is 1.90. The lowest BCUT2D eigenvalue weighted by Gasteiger charge is -2.03. The molecule has 0 amide bonds. The second-order valence-electron chi connectivity index (χ2n) is 5.48. The minimum Gasteiger partial charge on any atom is -0.494 e. The van der Waals surface area contributed by atoms with Crippen LogP contribution in [0.1, 0.15) is 18.1 Å². The van der Waals surface area contributed by atoms with Crippen LogP contribution in [0.4, 0.5) is 5.69 Å². The van der Waals surface area contributed by atoms with Crippen LogP contribution in [-0.4, -0.2) is 30.5 Å². The SMILES string of the molecule is CCOc1ccc(/C=C2\N=C(c3ccc(OC)c([N+](=O)[O-])c3)OC2=O)cc1. The van der Waals surface area contributed by atoms with Crippen LogP contribution in [0.2, 0.25) is 0 Å². The molecule has 1 heterocycles. The number of nitro groups is 1. The van der Waals surface area contributed by atoms with E-state index in [1.807, 2.05) is 6.92 Å². The molecule has 0 aliphatic carbocycles. The van der Waals surface area contributed by atoms with Crippen LogP contribution < -0.4 is 9.47 Å². The standard InChI is InChI=1S/C19H16N2O6/c1-3-26-14-7-4-12(5-8-14)10-15-19(22)27-18(20-15)13-6-9-17(25-2)16(11-13)21(23)24/h4-11H,3H2,1-2H3/b15-10-. The van der Waals surface area contributed by atoms with Crippen molar-refractivity contribution >= 4 is 23.6 Å². The summed E-state index contributed by atoms with van der Waals surface area (Å²) in [6, 6.07) is 11.4. The average Bonchev–Trinajstić information content (AvgIpc) is 3.03. The van der Waals surface area contributed by atoms with E-state index in [2.05, 4.69) is 4.99 Å². The van der Waals surface area contributed by atoms with Crippen LogP contribution in [0.25, 0.3) is 6.08 Å². The highest BCUT2D eigenvalue weighted by molar-refractivity contribution is 6.13. The van der Waals surface area contributed by atoms with E-state index in [-0.39, 0.29) is 23.0 Å². The molecule has 0 unspecified atom stereocenters. The highest BCUT2D eigenvalue weighted by Gasteiger charge is 2.26. The molecule has 8 nitrogen and oxygen atoms in total. The van der Waals surface area contributed by atoms with E-state index in [1.165, 1.54) is 25.3 Å². The number of aliphatic imine (C=N–C) groups is 1. The zero-order valence-electron chi connectivity index (χ0n) is 14.7. The van der Waals surface area contributed by atoms with Gasteiger partial charge in [0.25, 0.3) is 0 Å². The molecule has 0 saturated heterocycles. The topological polar surface area (TPSA) is 100 Å². The summed E-state index contributed by atoms with van der Waals surface area (Å²) >= 11 is 0. The van der Waals surface area contributed by atoms with Gasteiger partial charge in [-0.15, -0.1) is 0 Å². The molecule has 0 fully saturated rings. The lowest BCUT2D eigenvalue weighted by molar-refractivity contribution is -0.385. The van der Waals surface area contributed by atoms with Gasteiger partial charge in [-0.3, -0.25) is 10.1 Å². The van der Waals surface area contributed by atoms with Crippen molar-refractivity contribution in [1.82, 2.24) is 0 Å². The Morgan fingerprint density at radius 3 is 2.59 bits per heavy atom. The first-order valence-electron chi connectivity index (χ1n) is 8.10. The predicted molar refractivity (Wildman–Crippen MR) is 97.9 cm³/mol. The number of carbonyl (C=O) groups is 1. The number of benzene rings is 2. The number of cyclic esters (lactones) is 1. The van der Waals surface area contributed by atoms with Crippen molar-refractivity contribution < 1.29 is 23.9 Å². The molecule has 1 aliphatic rings. The monoisotopic (exact) mass is 368 g/mol. The fourth-order valence-corrected chi connectivity index (χ4v) is 2.48. The predicted octanol–water partition coefficient (Wildman–Crippen LogP) is 3.35. The van der Waals surface area contributed by atoms with Crippen molar-refractivity contribution in [2.75, 3.05) is 13.7 Å². The van der Waals surface area contributed by atoms with Gasteiger partial charge in [0.2, 0.25) is 5.90 Å². The van der Waals surface area contributed by atoms with Crippen molar-refractivity contribution in [2.45, 2.75) is 6.92 Å². The van der Waals surface area contributed by atoms with Gasteiger partial charge in [0.1, 0.15) is 5.75 Å². The molecule has 2 aromatic rings. The van der Waals surface area contributed by atoms with Gasteiger partial charge in [-0.2, -0.15) is 0 Å². The normalized spacial score (nSPS) is 14.7. The van der Waals surface area contributed by atoms with Crippen molar-refractivity contribution in [3.63, 3.8) is 0 Å². The molecule has 0 radical (unpaired) electrons. The molecule has 138 valence electrons. The summed E-state index contributed by atoms with van der Waals surface area (Å²) in [6.45, 7) is 2.46. The quantitative estimate of drug-likeness (QED) is 0.335. The third-order valence-corrected chi connectivity index (χ3v) is 3.74. The third-order valence-electron chi connectivity index (χ3n) is 3.74. The summed E-state index contributed by atoms with van der Waals surface area (Å²) in [5, 5.41) is 11.1. The minimum absolute atomic E-state index is 0.00272. The van der Waals surface area contributed by atoms with E-state index in [9.17, 15) is 14.9 Å². The molecule has 8 heteroatoms. The zero-order chi connectivity index (χ0) is 19.4. The van der Waals surface area contributed by atoms with Gasteiger partial charge in [-0.1, -0.05) is 12.1 Å². The van der Waals surface area contributed by atoms with E-state index in [0.717, 1.165) is 11.3 Å². The summed E-state index contributed by atoms with van der Waals surface area (Å²) in [5.41, 5.74) is 0.924. The largest absolute Gasteiger partial charge is 0.494 e. The van der Waals surface area contributed by atoms with E-state index in [4.69, 9.17) is 14.2 Å². The van der Waals surface area contributed by atoms with Crippen LogP contribution in [0, 0.1) is 10.1 Å². The molecule has 3 rings (SSSR count). The molecular formula is C19H16N2O6. The number of nitrogens with zero attached hydrogens (tertiary/aromatic N) is 2. The first kappa shape index (κ1) is 18.1. The van der Waals surface area contributed by atoms with Crippen LogP contribution in [0.3, 0.4) is 0 Å². The zero-order valence-corrected chi connectivity index (χ0v) is 14.7. The Labute approximate surface area is 154 Å². The average molecular weight is 368 g/mol. The van der Waals surface area contributed by atoms with Gasteiger partial charge in [0, 0.05) is 11.6 Å². The van der Waals surface area contributed by atoms with Gasteiger partial charge in [-0.05, 0) is 42.8 Å². The summed E-state index contributed by atoms with van der Waals surface area (Å²) in [6.07, 6.45) is 1.57. The van der Waals surface area contributed by atoms with E-state index in [1.54, 1.807) is 30.3 Å². The van der Waals surface area contributed by atoms with Crippen LogP contribution in [-0.2, 0) is 9.53 Å². The van der Waals surface area contributed by atoms with Gasteiger partial charge in [0.15, 0.2) is 11.4 Å². The van der Waals surface area contributed by atoms with E-state index in [0.29, 0.717) is 12.2 Å². The van der Waals surface area contributed by atoms with Crippen molar-refractivity contribution in [2.24, 2.45) is 4.99 Å². The van der Waals surface area contributed by atoms with Crippen LogP contribution in [0.15, 0.2) is 53.2 Å². The number of methoxy groups -OCH3 is 1. The minimum atomic E-state index is -0.627. The van der Waals surface area contributed by atoms with E-state index >= 15 is 0 Å². The van der Waals surface area contributed by atoms with Crippen LogP contribution in [0.5, 0.6) is 11.5 Å². The Morgan fingerprint density at radius 1 is 1.22 bits per heavy atom. The van der Waals surface area contributed by atoms with Gasteiger partial charge >= 0.3 is 11.7 Å². The Hall–Kier alpha value is -3.68. The second kappa shape index (κ2) is 7.69. The van der Waals surface area contributed by atoms with Crippen molar-refractivity contribution in [1.29, 1.82) is 0 Å². The van der Waals surface area contributed by atoms with Gasteiger partial charge in [0.05, 0.1) is 18.6 Å². The maximum atomic E-state index is 12.1. The molecule has 0 spiro atoms. The molecule has 1 aliphatic heterocycles. The maximum Gasteiger partial charge on any atom is 0.363 e. The molecule has 0 N–H and O–H groups in total. The molecule has 0 atom stereocenters. The Bertz CT molecular complexity index is 947. The number of carbonyl (C=O) groups excluding carboxylic acids is 1. The Kier molecular flexibility index (Phi) is 5.16. The number of ether oxygens (including phenoxy) is 3. The summed E-state index contributed by atoms with van der Waals surface area (Å²) < 4.78 is 15.5. The molecule has 0 aromatic heterocycles. The number of esters is 1. The fourth-order valence-electron chi connectivity index (χ4n) is 2.48. The number of rotatable bonds is 6. The van der Waals surface area contributed by atoms with Crippen LogP contribution >= 0.6 is 0 Å². The maximum absolute atomic E-state index is 12.1. The Morgan fingerprint density at radius 2 is 1.96 bits per heavy atom. The molecule has 2 aromatic carbocycles. The summed E-state index contributed by atoms with van der Waals surface area (Å²) in [5.74, 6) is 0.211. The summed E-state index contributed by atoms with van der Waals surface area (Å²) in [7, 11) is 1.34. The summed E-state index contributed by atoms with van der Waals surface area (Å²) in [4.78, 5) is 26.8. The lowest BCUT2D eigenvalue weighted by Crippen LogP contribution is -2.06. The first-order valence-corrected chi connectivity index (χ1v) is 8.10. The first-order chi connectivity index (χ1) is 13.0. The van der Waals surface area contributed by atoms with E-state index < -0.39 is 10.9 Å². The number of hydrogen-bond donors (Lipinski definition) is 0. The van der Waals surface area contributed by atoms with Gasteiger partial charge in [-0.25, -0.2) is 9.79 Å². The molecular weight excluding hydrogens is 352 g/mol. The molecule has 0 bridgehead atoms. The number of nitro benzene ring substituents is 1. The smallest absolute Gasteiger partial charge is 0.363 e. The highest BCUT2D eigenvalue weighted by Crippen LogP contribution is 2.29. The van der Waals surface area contributed by atoms with Crippen molar-refractivity contribution in [3.8, 4) is 11.5 Å². The highest BCUT2D eigenvalue weighted by atomic mass is 16.6. The number of hydrogen-bond acceptors (Lipinski definition) is 7. The lowest BCUT2D eigenvalue weighted by atomic mass is 10.2.